The Morgan fingerprint density at radius 3 is 2.28 bits per heavy atom. The molecule has 0 heterocycles. The Morgan fingerprint density at radius 2 is 1.72 bits per heavy atom. The molecule has 0 saturated carbocycles. The molecule has 0 saturated heterocycles. The van der Waals surface area contributed by atoms with E-state index in [1.165, 1.54) is 17.7 Å². The molecule has 7 heteroatoms. The van der Waals surface area contributed by atoms with Crippen molar-refractivity contribution in [1.82, 2.24) is 5.32 Å². The summed E-state index contributed by atoms with van der Waals surface area (Å²) in [6, 6.07) is 17.2. The van der Waals surface area contributed by atoms with E-state index in [-0.39, 0.29) is 16.7 Å². The molecular weight excluding hydrogens is 384 g/mol. The largest absolute Gasteiger partial charge is 0.354 e. The predicted molar refractivity (Wildman–Crippen MR) is 121 cm³/mol. The summed E-state index contributed by atoms with van der Waals surface area (Å²) in [5.74, 6) is 0.541. The van der Waals surface area contributed by atoms with Crippen molar-refractivity contribution in [1.29, 1.82) is 0 Å². The number of hydrogen-bond acceptors (Lipinski definition) is 2. The maximum absolute atomic E-state index is 10.9. The van der Waals surface area contributed by atoms with Gasteiger partial charge >= 0.3 is 5.69 Å². The van der Waals surface area contributed by atoms with E-state index in [0.717, 1.165) is 29.7 Å². The molecule has 0 unspecified atom stereocenters. The van der Waals surface area contributed by atoms with Gasteiger partial charge in [-0.2, -0.15) is 0 Å². The Morgan fingerprint density at radius 1 is 1.10 bits per heavy atom. The number of hydrogen-bond donors (Lipinski definition) is 3. The van der Waals surface area contributed by atoms with Crippen molar-refractivity contribution in [2.75, 3.05) is 26.0 Å². The number of likely N-dealkylation sites (N-methyl/N-ethyl adjacent to an activating group) is 1. The topological polar surface area (TPSA) is 64.4 Å². The molecule has 6 nitrogen and oxygen atoms in total. The molecule has 0 radical (unpaired) electrons. The Labute approximate surface area is 178 Å². The Balaban J connectivity index is 1.99. The third-order valence-electron chi connectivity index (χ3n) is 4.61. The fraction of sp³-hybridized carbons (Fsp3) is 0.409. The van der Waals surface area contributed by atoms with E-state index in [4.69, 9.17) is 17.4 Å². The normalized spacial score (nSPS) is 12.4. The third-order valence-corrected chi connectivity index (χ3v) is 4.83. The second kappa shape index (κ2) is 10.3. The van der Waals surface area contributed by atoms with E-state index in [1.54, 1.807) is 12.1 Å². The first kappa shape index (κ1) is 22.8. The summed E-state index contributed by atoms with van der Waals surface area (Å²) in [4.78, 5) is 10.7. The van der Waals surface area contributed by atoms with Crippen LogP contribution in [0.4, 0.5) is 11.4 Å². The number of rotatable bonds is 9. The van der Waals surface area contributed by atoms with Gasteiger partial charge in [0.2, 0.25) is 0 Å². The summed E-state index contributed by atoms with van der Waals surface area (Å²) in [7, 11) is 4.47. The highest BCUT2D eigenvalue weighted by Gasteiger charge is 2.24. The maximum Gasteiger partial charge on any atom is 0.316 e. The van der Waals surface area contributed by atoms with Gasteiger partial charge < -0.3 is 15.1 Å². The number of nitrogens with zero attached hydrogens (tertiary/aromatic N) is 2. The van der Waals surface area contributed by atoms with E-state index in [9.17, 15) is 4.91 Å². The van der Waals surface area contributed by atoms with Crippen LogP contribution in [0.5, 0.6) is 0 Å². The third kappa shape index (κ3) is 8.17. The average molecular weight is 417 g/mol. The van der Waals surface area contributed by atoms with Gasteiger partial charge in [0.25, 0.3) is 4.92 Å². The lowest BCUT2D eigenvalue weighted by Crippen LogP contribution is -2.51. The highest BCUT2D eigenvalue weighted by Crippen LogP contribution is 2.16. The van der Waals surface area contributed by atoms with Crippen molar-refractivity contribution < 1.29 is 14.6 Å². The average Bonchev–Trinajstić information content (AvgIpc) is 2.61. The quantitative estimate of drug-likeness (QED) is 0.320. The number of quaternary nitrogens is 1. The van der Waals surface area contributed by atoms with E-state index < -0.39 is 0 Å². The highest BCUT2D eigenvalue weighted by atomic mass is 32.1. The van der Waals surface area contributed by atoms with Gasteiger partial charge in [-0.15, -0.1) is 0 Å². The molecule has 1 atom stereocenters. The number of nitrogens with one attached hydrogen (secondary N) is 2. The molecule has 2 rings (SSSR count). The number of benzene rings is 2. The Hall–Kier alpha value is -2.51. The van der Waals surface area contributed by atoms with Gasteiger partial charge in [0.1, 0.15) is 6.54 Å². The van der Waals surface area contributed by atoms with Crippen molar-refractivity contribution in [3.8, 4) is 0 Å². The summed E-state index contributed by atoms with van der Waals surface area (Å²) < 4.78 is 0.849. The summed E-state index contributed by atoms with van der Waals surface area (Å²) in [5.41, 5.74) is 2.25. The van der Waals surface area contributed by atoms with Crippen LogP contribution in [0.25, 0.3) is 0 Å². The van der Waals surface area contributed by atoms with Crippen molar-refractivity contribution >= 4 is 28.7 Å². The molecule has 29 heavy (non-hydrogen) atoms. The number of anilines is 1. The van der Waals surface area contributed by atoms with E-state index in [2.05, 4.69) is 62.8 Å². The summed E-state index contributed by atoms with van der Waals surface area (Å²) >= 11 is 5.52. The SMILES string of the molecule is CC(C)C[C@@H](C[N+](C)(C)Cc1ccccc1)NC(=S)Nc1ccc([N+](=O)O)cc1. The monoisotopic (exact) mass is 416 g/mol. The van der Waals surface area contributed by atoms with Crippen molar-refractivity contribution in [3.05, 3.63) is 65.1 Å². The smallest absolute Gasteiger partial charge is 0.316 e. The van der Waals surface area contributed by atoms with Crippen LogP contribution in [0, 0.1) is 10.8 Å². The molecule has 156 valence electrons. The Bertz CT molecular complexity index is 807. The van der Waals surface area contributed by atoms with Crippen molar-refractivity contribution in [2.45, 2.75) is 32.9 Å². The molecule has 0 fully saturated rings. The lowest BCUT2D eigenvalue weighted by Gasteiger charge is -2.35. The minimum absolute atomic E-state index is 0.161. The first-order valence-corrected chi connectivity index (χ1v) is 10.2. The van der Waals surface area contributed by atoms with Crippen LogP contribution in [0.1, 0.15) is 25.8 Å². The van der Waals surface area contributed by atoms with Crippen LogP contribution in [0.3, 0.4) is 0 Å². The van der Waals surface area contributed by atoms with Gasteiger partial charge in [0, 0.05) is 23.4 Å². The van der Waals surface area contributed by atoms with E-state index in [1.807, 2.05) is 6.07 Å². The summed E-state index contributed by atoms with van der Waals surface area (Å²) in [6.07, 6.45) is 1.01. The molecule has 0 amide bonds. The fourth-order valence-corrected chi connectivity index (χ4v) is 3.80. The predicted octanol–water partition coefficient (Wildman–Crippen LogP) is 4.46. The van der Waals surface area contributed by atoms with Crippen LogP contribution < -0.4 is 10.6 Å². The van der Waals surface area contributed by atoms with Gasteiger partial charge in [0.15, 0.2) is 5.11 Å². The molecule has 0 aliphatic rings. The zero-order valence-electron chi connectivity index (χ0n) is 17.6. The van der Waals surface area contributed by atoms with Crippen LogP contribution in [-0.2, 0) is 6.54 Å². The number of thiocarbonyl (C=S) groups is 1. The lowest BCUT2D eigenvalue weighted by molar-refractivity contribution is -0.904. The highest BCUT2D eigenvalue weighted by molar-refractivity contribution is 7.80. The van der Waals surface area contributed by atoms with Crippen molar-refractivity contribution in [3.63, 3.8) is 0 Å². The van der Waals surface area contributed by atoms with Crippen LogP contribution >= 0.6 is 12.2 Å². The van der Waals surface area contributed by atoms with Gasteiger partial charge in [-0.3, -0.25) is 0 Å². The van der Waals surface area contributed by atoms with Gasteiger partial charge in [-0.1, -0.05) is 44.2 Å². The van der Waals surface area contributed by atoms with Crippen LogP contribution in [0.15, 0.2) is 54.6 Å². The van der Waals surface area contributed by atoms with Crippen molar-refractivity contribution in [2.24, 2.45) is 5.92 Å². The molecule has 3 N–H and O–H groups in total. The van der Waals surface area contributed by atoms with Gasteiger partial charge in [-0.05, 0) is 36.7 Å². The van der Waals surface area contributed by atoms with Gasteiger partial charge in [-0.25, -0.2) is 5.21 Å². The molecule has 0 aliphatic heterocycles. The summed E-state index contributed by atoms with van der Waals surface area (Å²) in [6.45, 7) is 6.31. The van der Waals surface area contributed by atoms with E-state index >= 15 is 0 Å². The van der Waals surface area contributed by atoms with E-state index in [0.29, 0.717) is 11.0 Å². The zero-order valence-corrected chi connectivity index (χ0v) is 18.4. The second-order valence-electron chi connectivity index (χ2n) is 8.51. The molecular formula is C22H32N4O2S+2. The molecule has 0 aromatic heterocycles. The Kier molecular flexibility index (Phi) is 8.10. The summed E-state index contributed by atoms with van der Waals surface area (Å²) in [5, 5.41) is 16.1. The molecule has 0 spiro atoms. The molecule has 0 aliphatic carbocycles. The minimum Gasteiger partial charge on any atom is -0.354 e. The van der Waals surface area contributed by atoms with Crippen LogP contribution in [0.2, 0.25) is 0 Å². The lowest BCUT2D eigenvalue weighted by atomic mass is 10.0. The second-order valence-corrected chi connectivity index (χ2v) is 8.92. The maximum atomic E-state index is 10.9. The minimum atomic E-state index is -0.161. The van der Waals surface area contributed by atoms with Gasteiger partial charge in [0.05, 0.1) is 31.6 Å². The first-order valence-electron chi connectivity index (χ1n) is 9.84. The zero-order chi connectivity index (χ0) is 21.4. The molecule has 0 bridgehead atoms. The fourth-order valence-electron chi connectivity index (χ4n) is 3.51. The first-order chi connectivity index (χ1) is 13.6. The molecule has 2 aromatic rings. The van der Waals surface area contributed by atoms with Crippen LogP contribution in [-0.4, -0.2) is 46.4 Å². The standard InChI is InChI=1S/C22H31N4O2S/c1-17(2)14-20(16-26(3,4)15-18-8-6-5-7-9-18)24-22(29)23-19-10-12-21(13-11-19)25(27)28/h5-13,17,20H,14-16H2,1-4H3,(H2-,23,24,27,28,29)/q+1/p+1/t20-/m0/s1. The molecule has 2 aromatic carbocycles.